The normalized spacial score (nSPS) is 14.4. The first-order chi connectivity index (χ1) is 16.5. The number of anilines is 1. The maximum absolute atomic E-state index is 14.9. The van der Waals surface area contributed by atoms with Crippen molar-refractivity contribution in [1.82, 2.24) is 15.6 Å². The van der Waals surface area contributed by atoms with Crippen LogP contribution >= 0.6 is 0 Å². The molecule has 0 unspecified atom stereocenters. The molecule has 3 amide bonds. The summed E-state index contributed by atoms with van der Waals surface area (Å²) in [6.07, 6.45) is 7.95. The number of hydrogen-bond acceptors (Lipinski definition) is 5. The van der Waals surface area contributed by atoms with Crippen LogP contribution in [0.5, 0.6) is 0 Å². The Bertz CT molecular complexity index is 1130. The van der Waals surface area contributed by atoms with Gasteiger partial charge in [0.1, 0.15) is 11.9 Å². The molecule has 4 rings (SSSR count). The third-order valence-electron chi connectivity index (χ3n) is 5.75. The van der Waals surface area contributed by atoms with E-state index in [9.17, 15) is 18.8 Å². The fraction of sp³-hybridized carbons (Fsp3) is 0.280. The van der Waals surface area contributed by atoms with Gasteiger partial charge >= 0.3 is 0 Å². The van der Waals surface area contributed by atoms with E-state index < -0.39 is 36.1 Å². The summed E-state index contributed by atoms with van der Waals surface area (Å²) < 4.78 is 20.0. The number of benzene rings is 1. The van der Waals surface area contributed by atoms with Crippen LogP contribution in [0.4, 0.5) is 10.1 Å². The molecule has 0 bridgehead atoms. The number of hydrogen-bond donors (Lipinski definition) is 2. The van der Waals surface area contributed by atoms with Gasteiger partial charge in [-0.3, -0.25) is 24.3 Å². The molecule has 0 spiro atoms. The highest BCUT2D eigenvalue weighted by molar-refractivity contribution is 6.04. The minimum Gasteiger partial charge on any atom is -0.459 e. The summed E-state index contributed by atoms with van der Waals surface area (Å²) in [6, 6.07) is 10.8. The minimum absolute atomic E-state index is 0.0359. The molecule has 1 saturated carbocycles. The van der Waals surface area contributed by atoms with E-state index in [0.29, 0.717) is 5.69 Å². The highest BCUT2D eigenvalue weighted by Crippen LogP contribution is 2.30. The molecule has 1 atom stereocenters. The smallest absolute Gasteiger partial charge is 0.287 e. The molecule has 0 aliphatic heterocycles. The van der Waals surface area contributed by atoms with Crippen LogP contribution in [-0.2, 0) is 9.59 Å². The second-order valence-electron chi connectivity index (χ2n) is 8.05. The Kier molecular flexibility index (Phi) is 7.31. The Hall–Kier alpha value is -4.01. The zero-order chi connectivity index (χ0) is 23.9. The molecule has 176 valence electrons. The highest BCUT2D eigenvalue weighted by Gasteiger charge is 2.36. The van der Waals surface area contributed by atoms with Crippen molar-refractivity contribution in [2.24, 2.45) is 0 Å². The van der Waals surface area contributed by atoms with Crippen molar-refractivity contribution in [2.75, 3.05) is 11.4 Å². The zero-order valence-corrected chi connectivity index (χ0v) is 18.4. The maximum atomic E-state index is 14.9. The van der Waals surface area contributed by atoms with E-state index in [0.717, 1.165) is 25.7 Å². The van der Waals surface area contributed by atoms with Crippen LogP contribution in [0.2, 0.25) is 0 Å². The van der Waals surface area contributed by atoms with Crippen molar-refractivity contribution in [3.05, 3.63) is 84.3 Å². The van der Waals surface area contributed by atoms with E-state index in [4.69, 9.17) is 4.42 Å². The Morgan fingerprint density at radius 3 is 2.56 bits per heavy atom. The SMILES string of the molecule is O=C(NCC(=O)N(c1cccnc1)[C@@H](C(=O)NC1CCCC1)c1ccccc1F)c1ccco1. The molecule has 2 aromatic heterocycles. The average Bonchev–Trinajstić information content (AvgIpc) is 3.56. The van der Waals surface area contributed by atoms with Gasteiger partial charge in [-0.2, -0.15) is 0 Å². The first-order valence-corrected chi connectivity index (χ1v) is 11.1. The topological polar surface area (TPSA) is 105 Å². The first-order valence-electron chi connectivity index (χ1n) is 11.1. The highest BCUT2D eigenvalue weighted by atomic mass is 19.1. The molecule has 1 aromatic carbocycles. The van der Waals surface area contributed by atoms with Crippen molar-refractivity contribution in [2.45, 2.75) is 37.8 Å². The van der Waals surface area contributed by atoms with Crippen molar-refractivity contribution in [3.8, 4) is 0 Å². The van der Waals surface area contributed by atoms with Crippen LogP contribution in [0.25, 0.3) is 0 Å². The molecule has 9 heteroatoms. The number of rotatable bonds is 8. The molecular weight excluding hydrogens is 439 g/mol. The summed E-state index contributed by atoms with van der Waals surface area (Å²) in [6.45, 7) is -0.434. The van der Waals surface area contributed by atoms with E-state index in [-0.39, 0.29) is 17.4 Å². The minimum atomic E-state index is -1.29. The Labute approximate surface area is 196 Å². The number of nitrogens with zero attached hydrogens (tertiary/aromatic N) is 2. The van der Waals surface area contributed by atoms with Gasteiger partial charge in [0.15, 0.2) is 5.76 Å². The summed E-state index contributed by atoms with van der Waals surface area (Å²) in [5.41, 5.74) is 0.349. The predicted molar refractivity (Wildman–Crippen MR) is 122 cm³/mol. The van der Waals surface area contributed by atoms with Crippen LogP contribution in [0.3, 0.4) is 0 Å². The number of amides is 3. The van der Waals surface area contributed by atoms with Crippen LogP contribution in [-0.4, -0.2) is 35.3 Å². The number of carbonyl (C=O) groups is 3. The second kappa shape index (κ2) is 10.7. The number of carbonyl (C=O) groups excluding carboxylic acids is 3. The Morgan fingerprint density at radius 2 is 1.88 bits per heavy atom. The van der Waals surface area contributed by atoms with Gasteiger partial charge in [0.25, 0.3) is 5.91 Å². The fourth-order valence-corrected chi connectivity index (χ4v) is 4.11. The summed E-state index contributed by atoms with van der Waals surface area (Å²) in [5.74, 6) is -2.25. The number of pyridine rings is 1. The van der Waals surface area contributed by atoms with Gasteiger partial charge in [-0.1, -0.05) is 31.0 Å². The van der Waals surface area contributed by atoms with E-state index >= 15 is 0 Å². The van der Waals surface area contributed by atoms with E-state index in [2.05, 4.69) is 15.6 Å². The molecule has 2 N–H and O–H groups in total. The molecular formula is C25H25FN4O4. The van der Waals surface area contributed by atoms with E-state index in [1.54, 1.807) is 24.3 Å². The molecule has 34 heavy (non-hydrogen) atoms. The molecule has 3 aromatic rings. The third kappa shape index (κ3) is 5.31. The molecule has 1 aliphatic carbocycles. The third-order valence-corrected chi connectivity index (χ3v) is 5.75. The average molecular weight is 464 g/mol. The van der Waals surface area contributed by atoms with Crippen molar-refractivity contribution in [1.29, 1.82) is 0 Å². The van der Waals surface area contributed by atoms with Gasteiger partial charge in [-0.25, -0.2) is 4.39 Å². The second-order valence-corrected chi connectivity index (χ2v) is 8.05. The summed E-state index contributed by atoms with van der Waals surface area (Å²) in [5, 5.41) is 5.47. The van der Waals surface area contributed by atoms with Crippen LogP contribution in [0.15, 0.2) is 71.6 Å². The van der Waals surface area contributed by atoms with Gasteiger partial charge in [-0.05, 0) is 43.2 Å². The number of nitrogens with one attached hydrogen (secondary N) is 2. The fourth-order valence-electron chi connectivity index (χ4n) is 4.11. The van der Waals surface area contributed by atoms with E-state index in [1.807, 2.05) is 0 Å². The van der Waals surface area contributed by atoms with Crippen molar-refractivity contribution in [3.63, 3.8) is 0 Å². The van der Waals surface area contributed by atoms with Crippen molar-refractivity contribution >= 4 is 23.4 Å². The molecule has 1 aliphatic rings. The van der Waals surface area contributed by atoms with E-state index in [1.165, 1.54) is 47.8 Å². The lowest BCUT2D eigenvalue weighted by Gasteiger charge is -2.32. The molecule has 8 nitrogen and oxygen atoms in total. The quantitative estimate of drug-likeness (QED) is 0.532. The van der Waals surface area contributed by atoms with Gasteiger partial charge < -0.3 is 15.1 Å². The summed E-state index contributed by atoms with van der Waals surface area (Å²) >= 11 is 0. The predicted octanol–water partition coefficient (Wildman–Crippen LogP) is 3.38. The van der Waals surface area contributed by atoms with Gasteiger partial charge in [0.05, 0.1) is 24.7 Å². The van der Waals surface area contributed by atoms with Crippen LogP contribution in [0.1, 0.15) is 47.8 Å². The largest absolute Gasteiger partial charge is 0.459 e. The monoisotopic (exact) mass is 464 g/mol. The maximum Gasteiger partial charge on any atom is 0.287 e. The first kappa shape index (κ1) is 23.2. The lowest BCUT2D eigenvalue weighted by Crippen LogP contribution is -2.49. The lowest BCUT2D eigenvalue weighted by atomic mass is 10.0. The molecule has 0 radical (unpaired) electrons. The van der Waals surface area contributed by atoms with Crippen LogP contribution < -0.4 is 15.5 Å². The number of aromatic nitrogens is 1. The Morgan fingerprint density at radius 1 is 1.09 bits per heavy atom. The Balaban J connectivity index is 1.67. The summed E-state index contributed by atoms with van der Waals surface area (Å²) in [4.78, 5) is 44.5. The molecule has 1 fully saturated rings. The zero-order valence-electron chi connectivity index (χ0n) is 18.4. The van der Waals surface area contributed by atoms with Gasteiger partial charge in [-0.15, -0.1) is 0 Å². The molecule has 2 heterocycles. The van der Waals surface area contributed by atoms with Gasteiger partial charge in [0, 0.05) is 17.8 Å². The standard InChI is InChI=1S/C25H25FN4O4/c26-20-11-4-3-10-19(20)23(25(33)29-17-7-1-2-8-17)30(18-9-5-13-27-15-18)22(31)16-28-24(32)21-12-6-14-34-21/h3-6,9-15,17,23H,1-2,7-8,16H2,(H,28,32)(H,29,33)/t23-/m1/s1. The van der Waals surface area contributed by atoms with Gasteiger partial charge in [0.2, 0.25) is 11.8 Å². The number of furan rings is 1. The molecule has 0 saturated heterocycles. The number of halogens is 1. The summed E-state index contributed by atoms with van der Waals surface area (Å²) in [7, 11) is 0. The lowest BCUT2D eigenvalue weighted by molar-refractivity contribution is -0.126. The van der Waals surface area contributed by atoms with Crippen LogP contribution in [0, 0.1) is 5.82 Å². The van der Waals surface area contributed by atoms with Crippen molar-refractivity contribution < 1.29 is 23.2 Å².